The highest BCUT2D eigenvalue weighted by Crippen LogP contribution is 2.11. The number of piperazine rings is 1. The van der Waals surface area contributed by atoms with E-state index in [-0.39, 0.29) is 0 Å². The molecule has 0 aromatic rings. The average molecular weight is 244 g/mol. The molecule has 1 rings (SSSR count). The highest BCUT2D eigenvalue weighted by Gasteiger charge is 2.22. The van der Waals surface area contributed by atoms with Crippen molar-refractivity contribution in [2.45, 2.75) is 38.6 Å². The zero-order chi connectivity index (χ0) is 12.5. The van der Waals surface area contributed by atoms with Gasteiger partial charge in [-0.05, 0) is 45.7 Å². The molecule has 4 heteroatoms. The van der Waals surface area contributed by atoms with E-state index in [1.807, 2.05) is 0 Å². The van der Waals surface area contributed by atoms with Crippen LogP contribution in [0.15, 0.2) is 0 Å². The average Bonchev–Trinajstić information content (AvgIpc) is 2.32. The maximum absolute atomic E-state index is 8.78. The molecule has 1 heterocycles. The number of hydrogen-bond acceptors (Lipinski definition) is 4. The van der Waals surface area contributed by atoms with Crippen molar-refractivity contribution in [2.75, 3.05) is 45.9 Å². The smallest absolute Gasteiger partial charge is 0.0431 e. The Labute approximate surface area is 105 Å². The molecule has 1 atom stereocenters. The van der Waals surface area contributed by atoms with Crippen molar-refractivity contribution in [3.63, 3.8) is 0 Å². The fraction of sp³-hybridized carbons (Fsp3) is 1.00. The van der Waals surface area contributed by atoms with Crippen LogP contribution >= 0.6 is 0 Å². The van der Waals surface area contributed by atoms with Crippen molar-refractivity contribution >= 4 is 0 Å². The lowest BCUT2D eigenvalue weighted by Crippen LogP contribution is -2.52. The minimum Gasteiger partial charge on any atom is -0.396 e. The van der Waals surface area contributed by atoms with E-state index in [4.69, 9.17) is 10.2 Å². The Kier molecular flexibility index (Phi) is 7.77. The van der Waals surface area contributed by atoms with Crippen molar-refractivity contribution in [1.82, 2.24) is 9.80 Å². The van der Waals surface area contributed by atoms with E-state index in [0.29, 0.717) is 19.3 Å². The Balaban J connectivity index is 2.15. The monoisotopic (exact) mass is 244 g/mol. The summed E-state index contributed by atoms with van der Waals surface area (Å²) in [6.45, 7) is 8.59. The quantitative estimate of drug-likeness (QED) is 0.612. The maximum atomic E-state index is 8.78. The van der Waals surface area contributed by atoms with Crippen LogP contribution in [0, 0.1) is 0 Å². The lowest BCUT2D eigenvalue weighted by molar-refractivity contribution is 0.0788. The number of rotatable bonds is 8. The standard InChI is InChI=1S/C13H28N2O2/c1-13-12-14(6-2-4-10-16)8-9-15(13)7-3-5-11-17/h13,16-17H,2-12H2,1H3/t13-/m0/s1. The molecule has 0 spiro atoms. The normalized spacial score (nSPS) is 23.1. The molecule has 0 unspecified atom stereocenters. The van der Waals surface area contributed by atoms with Gasteiger partial charge in [0, 0.05) is 38.9 Å². The fourth-order valence-corrected chi connectivity index (χ4v) is 2.48. The SMILES string of the molecule is C[C@H]1CN(CCCCO)CCN1CCCCO. The zero-order valence-corrected chi connectivity index (χ0v) is 11.1. The van der Waals surface area contributed by atoms with Crippen LogP contribution < -0.4 is 0 Å². The number of aliphatic hydroxyl groups is 2. The second-order valence-electron chi connectivity index (χ2n) is 5.05. The molecular formula is C13H28N2O2. The van der Waals surface area contributed by atoms with Crippen LogP contribution in [-0.4, -0.2) is 72.0 Å². The predicted octanol–water partition coefficient (Wildman–Crippen LogP) is 0.538. The summed E-state index contributed by atoms with van der Waals surface area (Å²) in [4.78, 5) is 5.03. The van der Waals surface area contributed by atoms with E-state index < -0.39 is 0 Å². The van der Waals surface area contributed by atoms with Gasteiger partial charge in [-0.15, -0.1) is 0 Å². The van der Waals surface area contributed by atoms with E-state index in [0.717, 1.165) is 58.4 Å². The van der Waals surface area contributed by atoms with Crippen LogP contribution in [0.1, 0.15) is 32.6 Å². The highest BCUT2D eigenvalue weighted by atomic mass is 16.3. The first-order valence-electron chi connectivity index (χ1n) is 6.96. The largest absolute Gasteiger partial charge is 0.396 e. The molecule has 1 fully saturated rings. The first-order chi connectivity index (χ1) is 8.27. The van der Waals surface area contributed by atoms with Crippen molar-refractivity contribution in [2.24, 2.45) is 0 Å². The molecule has 0 saturated carbocycles. The molecule has 102 valence electrons. The van der Waals surface area contributed by atoms with Gasteiger partial charge >= 0.3 is 0 Å². The zero-order valence-electron chi connectivity index (χ0n) is 11.1. The van der Waals surface area contributed by atoms with Crippen LogP contribution in [0.4, 0.5) is 0 Å². The van der Waals surface area contributed by atoms with Gasteiger partial charge in [-0.25, -0.2) is 0 Å². The summed E-state index contributed by atoms with van der Waals surface area (Å²) >= 11 is 0. The number of aliphatic hydroxyl groups excluding tert-OH is 2. The van der Waals surface area contributed by atoms with E-state index in [1.165, 1.54) is 0 Å². The summed E-state index contributed by atoms with van der Waals surface area (Å²) in [7, 11) is 0. The number of hydrogen-bond donors (Lipinski definition) is 2. The van der Waals surface area contributed by atoms with Crippen molar-refractivity contribution < 1.29 is 10.2 Å². The third-order valence-corrected chi connectivity index (χ3v) is 3.59. The van der Waals surface area contributed by atoms with Gasteiger partial charge in [0.1, 0.15) is 0 Å². The molecule has 2 N–H and O–H groups in total. The predicted molar refractivity (Wildman–Crippen MR) is 70.1 cm³/mol. The van der Waals surface area contributed by atoms with Gasteiger partial charge < -0.3 is 15.1 Å². The first-order valence-corrected chi connectivity index (χ1v) is 6.96. The van der Waals surface area contributed by atoms with Gasteiger partial charge in [-0.1, -0.05) is 0 Å². The molecule has 4 nitrogen and oxygen atoms in total. The Morgan fingerprint density at radius 3 is 2.18 bits per heavy atom. The van der Waals surface area contributed by atoms with E-state index in [1.54, 1.807) is 0 Å². The lowest BCUT2D eigenvalue weighted by atomic mass is 10.1. The van der Waals surface area contributed by atoms with E-state index in [2.05, 4.69) is 16.7 Å². The second-order valence-corrected chi connectivity index (χ2v) is 5.05. The highest BCUT2D eigenvalue weighted by molar-refractivity contribution is 4.78. The number of unbranched alkanes of at least 4 members (excludes halogenated alkanes) is 2. The summed E-state index contributed by atoms with van der Waals surface area (Å²) in [6, 6.07) is 0.622. The molecule has 0 aromatic heterocycles. The van der Waals surface area contributed by atoms with Gasteiger partial charge in [0.15, 0.2) is 0 Å². The summed E-state index contributed by atoms with van der Waals surface area (Å²) in [5, 5.41) is 17.5. The molecule has 17 heavy (non-hydrogen) atoms. The van der Waals surface area contributed by atoms with E-state index >= 15 is 0 Å². The van der Waals surface area contributed by atoms with Crippen molar-refractivity contribution in [3.05, 3.63) is 0 Å². The topological polar surface area (TPSA) is 46.9 Å². The van der Waals surface area contributed by atoms with Crippen LogP contribution in [0.3, 0.4) is 0 Å². The van der Waals surface area contributed by atoms with Crippen LogP contribution in [0.5, 0.6) is 0 Å². The summed E-state index contributed by atoms with van der Waals surface area (Å²) in [6.07, 6.45) is 4.05. The van der Waals surface area contributed by atoms with Crippen molar-refractivity contribution in [1.29, 1.82) is 0 Å². The summed E-state index contributed by atoms with van der Waals surface area (Å²) < 4.78 is 0. The van der Waals surface area contributed by atoms with Gasteiger partial charge in [0.05, 0.1) is 0 Å². The third kappa shape index (κ3) is 5.82. The first kappa shape index (κ1) is 14.9. The van der Waals surface area contributed by atoms with Gasteiger partial charge in [-0.3, -0.25) is 4.90 Å². The molecule has 0 bridgehead atoms. The van der Waals surface area contributed by atoms with Crippen LogP contribution in [-0.2, 0) is 0 Å². The van der Waals surface area contributed by atoms with Gasteiger partial charge in [0.2, 0.25) is 0 Å². The molecule has 0 aromatic carbocycles. The minimum absolute atomic E-state index is 0.315. The van der Waals surface area contributed by atoms with Crippen molar-refractivity contribution in [3.8, 4) is 0 Å². The Morgan fingerprint density at radius 1 is 0.941 bits per heavy atom. The summed E-state index contributed by atoms with van der Waals surface area (Å²) in [5.41, 5.74) is 0. The Hall–Kier alpha value is -0.160. The van der Waals surface area contributed by atoms with Gasteiger partial charge in [0.25, 0.3) is 0 Å². The maximum Gasteiger partial charge on any atom is 0.0431 e. The fourth-order valence-electron chi connectivity index (χ4n) is 2.48. The molecular weight excluding hydrogens is 216 g/mol. The summed E-state index contributed by atoms with van der Waals surface area (Å²) in [5.74, 6) is 0. The number of nitrogens with zero attached hydrogens (tertiary/aromatic N) is 2. The Morgan fingerprint density at radius 2 is 1.59 bits per heavy atom. The van der Waals surface area contributed by atoms with Crippen LogP contribution in [0.2, 0.25) is 0 Å². The van der Waals surface area contributed by atoms with Crippen LogP contribution in [0.25, 0.3) is 0 Å². The van der Waals surface area contributed by atoms with Gasteiger partial charge in [-0.2, -0.15) is 0 Å². The Bertz CT molecular complexity index is 190. The molecule has 0 radical (unpaired) electrons. The molecule has 1 aliphatic heterocycles. The lowest BCUT2D eigenvalue weighted by Gasteiger charge is -2.40. The molecule has 0 amide bonds. The molecule has 0 aliphatic carbocycles. The van der Waals surface area contributed by atoms with E-state index in [9.17, 15) is 0 Å². The minimum atomic E-state index is 0.315. The molecule has 1 aliphatic rings. The second kappa shape index (κ2) is 8.86. The third-order valence-electron chi connectivity index (χ3n) is 3.59. The molecule has 1 saturated heterocycles.